The number of phosphoric acid groups is 3. The first-order valence-electron chi connectivity index (χ1n) is 17.5. The van der Waals surface area contributed by atoms with Gasteiger partial charge < -0.3 is 0 Å². The summed E-state index contributed by atoms with van der Waals surface area (Å²) in [5.74, 6) is 0. The van der Waals surface area contributed by atoms with Crippen molar-refractivity contribution in [1.82, 2.24) is 0 Å². The zero-order valence-electron chi connectivity index (χ0n) is 29.3. The van der Waals surface area contributed by atoms with Gasteiger partial charge in [-0.3, -0.25) is 40.7 Å². The molecule has 0 saturated heterocycles. The van der Waals surface area contributed by atoms with Crippen LogP contribution in [-0.4, -0.2) is 70.3 Å². The molecule has 17 heteroatoms. The molecule has 0 unspecified atom stereocenters. The minimum Gasteiger partial charge on any atom is -0.287 e. The second-order valence-corrected chi connectivity index (χ2v) is 16.3. The monoisotopic (exact) mass is 744 g/mol. The number of unbranched alkanes of at least 4 members (excludes halogenated alkanes) is 6. The molecule has 0 N–H and O–H groups in total. The van der Waals surface area contributed by atoms with Crippen molar-refractivity contribution >= 4 is 23.5 Å². The predicted octanol–water partition coefficient (Wildman–Crippen LogP) is 10.4. The first-order valence-corrected chi connectivity index (χ1v) is 21.8. The lowest BCUT2D eigenvalue weighted by atomic mass is 9.89. The van der Waals surface area contributed by atoms with Gasteiger partial charge in [0.15, 0.2) is 12.3 Å². The highest BCUT2D eigenvalue weighted by molar-refractivity contribution is 7.49. The Balaban J connectivity index is 3.49. The molecule has 0 amide bonds. The van der Waals surface area contributed by atoms with E-state index in [1.54, 1.807) is 0 Å². The number of rotatable bonds is 30. The van der Waals surface area contributed by atoms with Gasteiger partial charge in [-0.05, 0) is 38.5 Å². The van der Waals surface area contributed by atoms with Crippen LogP contribution in [0.1, 0.15) is 125 Å². The van der Waals surface area contributed by atoms with E-state index in [2.05, 4.69) is 0 Å². The number of phosphoric ester groups is 3. The Kier molecular flexibility index (Phi) is 24.2. The maximum absolute atomic E-state index is 16.2. The fourth-order valence-electron chi connectivity index (χ4n) is 4.11. The van der Waals surface area contributed by atoms with Crippen LogP contribution in [0, 0.1) is 0 Å². The highest BCUT2D eigenvalue weighted by Crippen LogP contribution is 2.59. The van der Waals surface area contributed by atoms with E-state index in [0.717, 1.165) is 25.7 Å². The van der Waals surface area contributed by atoms with Gasteiger partial charge in [-0.25, -0.2) is 22.5 Å². The lowest BCUT2D eigenvalue weighted by molar-refractivity contribution is -0.127. The summed E-state index contributed by atoms with van der Waals surface area (Å²) in [4.78, 5) is 0. The fourth-order valence-corrected chi connectivity index (χ4v) is 8.44. The maximum atomic E-state index is 16.2. The standard InChI is InChI=1S/C30H61F2O12P3/c1-7-13-19-36-45(33,37-20-14-8-2)42-26-25-27(43-46(34,38-21-15-9-3)39-22-16-10-4)30(29(32)28(26)31)44-47(35,40-23-17-11-5)41-24-18-12-6/h26-30H,7-25H2,1-6H3/t26-,27+,28+,29+,30-/m0/s1. The highest BCUT2D eigenvalue weighted by Gasteiger charge is 2.55. The fraction of sp³-hybridized carbons (Fsp3) is 1.00. The molecule has 1 rings (SSSR count). The molecule has 1 saturated carbocycles. The summed E-state index contributed by atoms with van der Waals surface area (Å²) in [6.07, 6.45) is -3.49. The summed E-state index contributed by atoms with van der Waals surface area (Å²) >= 11 is 0. The lowest BCUT2D eigenvalue weighted by Crippen LogP contribution is -2.54. The molecule has 5 atom stereocenters. The molecule has 0 bridgehead atoms. The van der Waals surface area contributed by atoms with E-state index in [1.165, 1.54) is 0 Å². The molecule has 0 spiro atoms. The summed E-state index contributed by atoms with van der Waals surface area (Å²) in [5, 5.41) is 0. The van der Waals surface area contributed by atoms with Gasteiger partial charge in [-0.15, -0.1) is 0 Å². The molecule has 0 heterocycles. The van der Waals surface area contributed by atoms with Crippen molar-refractivity contribution in [3.05, 3.63) is 0 Å². The third-order valence-corrected chi connectivity index (χ3v) is 11.6. The maximum Gasteiger partial charge on any atom is 0.475 e. The average molecular weight is 745 g/mol. The third kappa shape index (κ3) is 17.8. The molecule has 1 aliphatic carbocycles. The molecule has 1 aliphatic rings. The van der Waals surface area contributed by atoms with Crippen molar-refractivity contribution < 1.29 is 63.2 Å². The van der Waals surface area contributed by atoms with Crippen LogP contribution < -0.4 is 0 Å². The van der Waals surface area contributed by atoms with E-state index in [9.17, 15) is 13.7 Å². The van der Waals surface area contributed by atoms with Gasteiger partial charge in [0.05, 0.1) is 39.6 Å². The van der Waals surface area contributed by atoms with E-state index in [0.29, 0.717) is 51.4 Å². The third-order valence-electron chi connectivity index (χ3n) is 7.07. The van der Waals surface area contributed by atoms with Gasteiger partial charge in [0.1, 0.15) is 18.3 Å². The van der Waals surface area contributed by atoms with Gasteiger partial charge in [0, 0.05) is 6.42 Å². The summed E-state index contributed by atoms with van der Waals surface area (Å²) < 4.78 is 123. The molecule has 0 aliphatic heterocycles. The number of hydrogen-bond acceptors (Lipinski definition) is 12. The van der Waals surface area contributed by atoms with E-state index in [-0.39, 0.29) is 39.6 Å². The van der Waals surface area contributed by atoms with Crippen molar-refractivity contribution in [2.75, 3.05) is 39.6 Å². The summed E-state index contributed by atoms with van der Waals surface area (Å²) in [5.41, 5.74) is 0. The predicted molar refractivity (Wildman–Crippen MR) is 177 cm³/mol. The van der Waals surface area contributed by atoms with E-state index < -0.39 is 60.5 Å². The molecular weight excluding hydrogens is 683 g/mol. The van der Waals surface area contributed by atoms with Crippen LogP contribution in [0.5, 0.6) is 0 Å². The minimum absolute atomic E-state index is 0.00730. The molecule has 282 valence electrons. The highest BCUT2D eigenvalue weighted by atomic mass is 31.2. The largest absolute Gasteiger partial charge is 0.475 e. The molecule has 0 aromatic heterocycles. The first-order chi connectivity index (χ1) is 22.5. The Hall–Kier alpha value is 0.190. The lowest BCUT2D eigenvalue weighted by Gasteiger charge is -2.41. The Morgan fingerprint density at radius 2 is 0.723 bits per heavy atom. The first kappa shape index (κ1) is 45.2. The molecule has 47 heavy (non-hydrogen) atoms. The second kappa shape index (κ2) is 25.2. The molecule has 1 fully saturated rings. The molecule has 0 aromatic carbocycles. The smallest absolute Gasteiger partial charge is 0.287 e. The van der Waals surface area contributed by atoms with Gasteiger partial charge in [0.25, 0.3) is 0 Å². The Morgan fingerprint density at radius 3 is 1.02 bits per heavy atom. The van der Waals surface area contributed by atoms with Crippen LogP contribution in [0.2, 0.25) is 0 Å². The number of hydrogen-bond donors (Lipinski definition) is 0. The Morgan fingerprint density at radius 1 is 0.447 bits per heavy atom. The Bertz CT molecular complexity index is 908. The van der Waals surface area contributed by atoms with Crippen molar-refractivity contribution in [3.63, 3.8) is 0 Å². The minimum atomic E-state index is -4.47. The zero-order valence-corrected chi connectivity index (χ0v) is 32.0. The quantitative estimate of drug-likeness (QED) is 0.0512. The van der Waals surface area contributed by atoms with Gasteiger partial charge >= 0.3 is 23.5 Å². The SMILES string of the molecule is CCCCOP(=O)(OCCCC)O[C@@H]1[C@H](F)[C@H](F)[C@@H](OP(=O)(OCCCC)OCCCC)C[C@H]1OP(=O)(OCCCC)OCCCC. The van der Waals surface area contributed by atoms with E-state index >= 15 is 8.78 Å². The van der Waals surface area contributed by atoms with Gasteiger partial charge in [-0.1, -0.05) is 80.1 Å². The van der Waals surface area contributed by atoms with Crippen molar-refractivity contribution in [2.24, 2.45) is 0 Å². The number of halogens is 2. The summed E-state index contributed by atoms with van der Waals surface area (Å²) in [6, 6.07) is 0. The second-order valence-electron chi connectivity index (χ2n) is 11.4. The molecular formula is C30H61F2O12P3. The van der Waals surface area contributed by atoms with Crippen molar-refractivity contribution in [1.29, 1.82) is 0 Å². The van der Waals surface area contributed by atoms with Crippen LogP contribution >= 0.6 is 23.5 Å². The van der Waals surface area contributed by atoms with Gasteiger partial charge in [-0.2, -0.15) is 0 Å². The van der Waals surface area contributed by atoms with Crippen LogP contribution in [0.3, 0.4) is 0 Å². The normalized spacial score (nSPS) is 22.6. The Labute approximate surface area is 281 Å². The zero-order chi connectivity index (χ0) is 35.2. The van der Waals surface area contributed by atoms with Crippen molar-refractivity contribution in [2.45, 2.75) is 156 Å². The van der Waals surface area contributed by atoms with Crippen molar-refractivity contribution in [3.8, 4) is 0 Å². The molecule has 0 aromatic rings. The summed E-state index contributed by atoms with van der Waals surface area (Å²) in [7, 11) is -13.2. The number of alkyl halides is 2. The van der Waals surface area contributed by atoms with Crippen LogP contribution in [0.25, 0.3) is 0 Å². The van der Waals surface area contributed by atoms with E-state index in [4.69, 9.17) is 40.7 Å². The van der Waals surface area contributed by atoms with Crippen LogP contribution in [0.15, 0.2) is 0 Å². The van der Waals surface area contributed by atoms with Crippen LogP contribution in [-0.2, 0) is 54.4 Å². The average Bonchev–Trinajstić information content (AvgIpc) is 3.02. The van der Waals surface area contributed by atoms with Crippen LogP contribution in [0.4, 0.5) is 8.78 Å². The van der Waals surface area contributed by atoms with Gasteiger partial charge in [0.2, 0.25) is 0 Å². The topological polar surface area (TPSA) is 134 Å². The van der Waals surface area contributed by atoms with E-state index in [1.807, 2.05) is 41.5 Å². The molecule has 12 nitrogen and oxygen atoms in total. The summed E-state index contributed by atoms with van der Waals surface area (Å²) in [6.45, 7) is 11.4. The molecule has 0 radical (unpaired) electrons.